The maximum atomic E-state index is 15.3. The van der Waals surface area contributed by atoms with Crippen LogP contribution in [0.4, 0.5) is 0 Å². The first kappa shape index (κ1) is 69.3. The third-order valence-corrected chi connectivity index (χ3v) is 19.8. The molecule has 0 aromatic heterocycles. The van der Waals surface area contributed by atoms with Gasteiger partial charge < -0.3 is 159 Å². The average molecular weight is 1270 g/mol. The average Bonchev–Trinajstić information content (AvgIpc) is 0.996. The minimum atomic E-state index is -2.09. The van der Waals surface area contributed by atoms with E-state index in [9.17, 15) is 102 Å². The molecular formula is C54H88O33. The SMILES string of the molecule is C=C1CC2CCC3[C@](C)(C(=O)OC4OC(CO)C(O)C(OC5OC(CO)C(O)C(O)C5O)C4OC4OC(CO)C(O)C(O)C4O)CCC[C@@]3(C)[C@@H]2CC1OC1OC(CO)C(O)C(OC2OC(CO)C(O)C(O)C2O)C1OC1OC(CO)C(O)C(O)C1O. The van der Waals surface area contributed by atoms with E-state index in [-0.39, 0.29) is 24.7 Å². The number of hydrogen-bond acceptors (Lipinski definition) is 33. The number of aliphatic hydroxyl groups excluding tert-OH is 20. The van der Waals surface area contributed by atoms with Crippen molar-refractivity contribution in [1.82, 2.24) is 0 Å². The largest absolute Gasteiger partial charge is 0.432 e. The summed E-state index contributed by atoms with van der Waals surface area (Å²) in [5.74, 6) is -1.76. The van der Waals surface area contributed by atoms with E-state index < -0.39 is 253 Å². The molecule has 502 valence electrons. The van der Waals surface area contributed by atoms with E-state index in [2.05, 4.69) is 6.58 Å². The molecule has 0 amide bonds. The van der Waals surface area contributed by atoms with Crippen molar-refractivity contribution in [2.75, 3.05) is 39.6 Å². The molecule has 9 aliphatic rings. The van der Waals surface area contributed by atoms with Crippen molar-refractivity contribution in [2.45, 2.75) is 249 Å². The lowest BCUT2D eigenvalue weighted by molar-refractivity contribution is -0.395. The number of carbonyl (C=O) groups excluding carboxylic acids is 1. The molecule has 20 N–H and O–H groups in total. The van der Waals surface area contributed by atoms with Crippen LogP contribution in [0.2, 0.25) is 0 Å². The smallest absolute Gasteiger partial charge is 0.314 e. The number of esters is 1. The van der Waals surface area contributed by atoms with E-state index >= 15 is 4.79 Å². The van der Waals surface area contributed by atoms with Gasteiger partial charge in [-0.05, 0) is 74.2 Å². The van der Waals surface area contributed by atoms with Crippen molar-refractivity contribution in [2.24, 2.45) is 28.6 Å². The maximum Gasteiger partial charge on any atom is 0.314 e. The van der Waals surface area contributed by atoms with Gasteiger partial charge in [0.25, 0.3) is 0 Å². The molecular weight excluding hydrogens is 1180 g/mol. The van der Waals surface area contributed by atoms with Gasteiger partial charge in [0.05, 0.1) is 51.2 Å². The summed E-state index contributed by atoms with van der Waals surface area (Å²) < 4.78 is 72.1. The number of rotatable bonds is 18. The Morgan fingerprint density at radius 1 is 0.437 bits per heavy atom. The summed E-state index contributed by atoms with van der Waals surface area (Å²) in [6.07, 6.45) is -54.3. The van der Waals surface area contributed by atoms with E-state index in [1.165, 1.54) is 0 Å². The van der Waals surface area contributed by atoms with Gasteiger partial charge in [0, 0.05) is 0 Å². The lowest BCUT2D eigenvalue weighted by atomic mass is 9.44. The normalized spacial score (nSPS) is 53.2. The standard InChI is InChI=1S/C54H88O33/c1-17-9-18-5-6-27-53(2,19(18)10-20(17)76-50-44(85-48-40(73)36(69)30(63)23(13-57)79-48)42(32(65)25(15-59)81-50)83-46-38(71)34(67)28(61)21(11-55)77-46)7-4-8-54(27,3)52(75)87-51-45(86-49-41(74)37(70)31(64)24(14-58)80-49)43(33(66)26(16-60)82-51)84-47-39(72)35(68)29(62)22(12-56)78-47/h18-51,55-74H,1,4-16H2,2-3H3/t18?,19-,20?,21?,22?,23?,24?,25?,26?,27?,28?,29?,30?,31?,32?,33?,34?,35?,36?,37?,38?,39?,40?,41?,42?,43?,44?,45?,46?,47?,48?,49?,50?,51?,53+,54-/m1/s1. The van der Waals surface area contributed by atoms with E-state index in [4.69, 9.17) is 56.8 Å². The van der Waals surface area contributed by atoms with Gasteiger partial charge in [0.2, 0.25) is 6.29 Å². The zero-order chi connectivity index (χ0) is 63.5. The molecule has 3 saturated carbocycles. The first-order valence-electron chi connectivity index (χ1n) is 29.5. The zero-order valence-corrected chi connectivity index (χ0v) is 47.8. The minimum Gasteiger partial charge on any atom is -0.432 e. The van der Waals surface area contributed by atoms with Crippen molar-refractivity contribution in [3.63, 3.8) is 0 Å². The molecule has 6 aliphatic heterocycles. The van der Waals surface area contributed by atoms with Crippen molar-refractivity contribution in [3.8, 4) is 0 Å². The van der Waals surface area contributed by atoms with Crippen LogP contribution in [0, 0.1) is 28.6 Å². The quantitative estimate of drug-likeness (QED) is 0.0344. The van der Waals surface area contributed by atoms with Crippen molar-refractivity contribution < 1.29 is 164 Å². The maximum absolute atomic E-state index is 15.3. The molecule has 9 rings (SSSR count). The molecule has 33 nitrogen and oxygen atoms in total. The minimum absolute atomic E-state index is 0.0650. The van der Waals surface area contributed by atoms with Crippen LogP contribution in [0.25, 0.3) is 0 Å². The summed E-state index contributed by atoms with van der Waals surface area (Å²) in [7, 11) is 0. The van der Waals surface area contributed by atoms with Crippen LogP contribution in [0.5, 0.6) is 0 Å². The Bertz CT molecular complexity index is 2250. The Morgan fingerprint density at radius 3 is 1.17 bits per heavy atom. The molecule has 6 heterocycles. The molecule has 0 aromatic rings. The summed E-state index contributed by atoms with van der Waals surface area (Å²) in [4.78, 5) is 15.3. The molecule has 0 aromatic carbocycles. The van der Waals surface area contributed by atoms with E-state index in [0.29, 0.717) is 37.7 Å². The first-order valence-corrected chi connectivity index (χ1v) is 29.5. The van der Waals surface area contributed by atoms with Crippen LogP contribution in [0.1, 0.15) is 58.8 Å². The fourth-order valence-corrected chi connectivity index (χ4v) is 14.7. The molecule has 0 spiro atoms. The van der Waals surface area contributed by atoms with Crippen LogP contribution in [-0.2, 0) is 61.6 Å². The highest BCUT2D eigenvalue weighted by molar-refractivity contribution is 5.77. The van der Waals surface area contributed by atoms with Crippen molar-refractivity contribution >= 4 is 5.97 Å². The van der Waals surface area contributed by atoms with Crippen LogP contribution in [0.15, 0.2) is 12.2 Å². The molecule has 3 aliphatic carbocycles. The van der Waals surface area contributed by atoms with Crippen LogP contribution >= 0.6 is 0 Å². The predicted molar refractivity (Wildman–Crippen MR) is 277 cm³/mol. The van der Waals surface area contributed by atoms with Crippen LogP contribution in [0.3, 0.4) is 0 Å². The lowest BCUT2D eigenvalue weighted by Gasteiger charge is -2.61. The highest BCUT2D eigenvalue weighted by Gasteiger charge is 2.63. The molecule has 33 unspecified atom stereocenters. The number of fused-ring (bicyclic) bond motifs is 3. The number of hydrogen-bond donors (Lipinski definition) is 20. The summed E-state index contributed by atoms with van der Waals surface area (Å²) >= 11 is 0. The van der Waals surface area contributed by atoms with Gasteiger partial charge in [-0.2, -0.15) is 0 Å². The highest BCUT2D eigenvalue weighted by Crippen LogP contribution is 2.65. The summed E-state index contributed by atoms with van der Waals surface area (Å²) in [5, 5.41) is 214. The highest BCUT2D eigenvalue weighted by atomic mass is 16.8. The Kier molecular flexibility index (Phi) is 22.5. The first-order chi connectivity index (χ1) is 41.2. The van der Waals surface area contributed by atoms with Gasteiger partial charge in [0.1, 0.15) is 140 Å². The summed E-state index contributed by atoms with van der Waals surface area (Å²) in [6.45, 7) is 2.66. The molecule has 33 heteroatoms. The fraction of sp³-hybridized carbons (Fsp3) is 0.944. The third kappa shape index (κ3) is 13.2. The van der Waals surface area contributed by atoms with E-state index in [0.717, 1.165) is 0 Å². The fourth-order valence-electron chi connectivity index (χ4n) is 14.7. The molecule has 6 saturated heterocycles. The third-order valence-electron chi connectivity index (χ3n) is 19.8. The Morgan fingerprint density at radius 2 is 0.782 bits per heavy atom. The second-order valence-corrected chi connectivity index (χ2v) is 25.0. The molecule has 87 heavy (non-hydrogen) atoms. The Hall–Kier alpha value is -2.03. The Labute approximate surface area is 498 Å². The number of carbonyl (C=O) groups is 1. The zero-order valence-electron chi connectivity index (χ0n) is 47.8. The summed E-state index contributed by atoms with van der Waals surface area (Å²) in [6, 6.07) is 0. The van der Waals surface area contributed by atoms with Crippen molar-refractivity contribution in [3.05, 3.63) is 12.2 Å². The van der Waals surface area contributed by atoms with Gasteiger partial charge in [-0.25, -0.2) is 0 Å². The van der Waals surface area contributed by atoms with Gasteiger partial charge in [-0.15, -0.1) is 0 Å². The predicted octanol–water partition coefficient (Wildman–Crippen LogP) is -10.00. The van der Waals surface area contributed by atoms with Crippen LogP contribution in [-0.4, -0.2) is 338 Å². The van der Waals surface area contributed by atoms with Gasteiger partial charge in [-0.1, -0.05) is 19.9 Å². The van der Waals surface area contributed by atoms with Gasteiger partial charge in [0.15, 0.2) is 37.6 Å². The second kappa shape index (κ2) is 28.3. The second-order valence-electron chi connectivity index (χ2n) is 25.0. The van der Waals surface area contributed by atoms with E-state index in [1.807, 2.05) is 6.92 Å². The van der Waals surface area contributed by atoms with Crippen molar-refractivity contribution in [1.29, 1.82) is 0 Å². The molecule has 36 atom stereocenters. The lowest BCUT2D eigenvalue weighted by Crippen LogP contribution is -2.67. The molecule has 0 bridgehead atoms. The van der Waals surface area contributed by atoms with Gasteiger partial charge in [-0.3, -0.25) is 4.79 Å². The molecule has 9 fully saturated rings. The number of ether oxygens (including phenoxy) is 12. The van der Waals surface area contributed by atoms with Gasteiger partial charge >= 0.3 is 5.97 Å². The topological polar surface area (TPSA) is 532 Å². The molecule has 0 radical (unpaired) electrons. The van der Waals surface area contributed by atoms with Crippen LogP contribution < -0.4 is 0 Å². The monoisotopic (exact) mass is 1260 g/mol. The Balaban J connectivity index is 0.994. The van der Waals surface area contributed by atoms with E-state index in [1.54, 1.807) is 6.92 Å². The summed E-state index contributed by atoms with van der Waals surface area (Å²) in [5.41, 5.74) is -1.59. The number of aliphatic hydroxyl groups is 20.